The molecule has 0 aliphatic carbocycles. The lowest BCUT2D eigenvalue weighted by atomic mass is 10.1. The van der Waals surface area contributed by atoms with Gasteiger partial charge >= 0.3 is 0 Å². The van der Waals surface area contributed by atoms with E-state index < -0.39 is 0 Å². The Morgan fingerprint density at radius 3 is 2.41 bits per heavy atom. The fraction of sp³-hybridized carbons (Fsp3) is 0.375. The molecule has 1 amide bonds. The average molecular weight is 395 g/mol. The van der Waals surface area contributed by atoms with Gasteiger partial charge in [0.2, 0.25) is 0 Å². The molecule has 1 heterocycles. The molecule has 2 aromatic carbocycles. The van der Waals surface area contributed by atoms with Gasteiger partial charge in [0.25, 0.3) is 5.91 Å². The molecule has 0 spiro atoms. The third-order valence-corrected chi connectivity index (χ3v) is 5.14. The second-order valence-corrected chi connectivity index (χ2v) is 7.48. The summed E-state index contributed by atoms with van der Waals surface area (Å²) < 4.78 is 10.7. The summed E-state index contributed by atoms with van der Waals surface area (Å²) in [7, 11) is 3.19. The van der Waals surface area contributed by atoms with E-state index in [1.54, 1.807) is 32.4 Å². The van der Waals surface area contributed by atoms with Gasteiger partial charge in [-0.15, -0.1) is 0 Å². The number of hydrogen-bond donors (Lipinski definition) is 1. The molecule has 3 rings (SSSR count). The van der Waals surface area contributed by atoms with Crippen molar-refractivity contribution in [2.45, 2.75) is 25.8 Å². The lowest BCUT2D eigenvalue weighted by molar-refractivity contribution is 0.0756. The first-order valence-electron chi connectivity index (χ1n) is 10.1. The number of carbonyl (C=O) groups is 1. The van der Waals surface area contributed by atoms with Crippen molar-refractivity contribution in [1.29, 1.82) is 0 Å². The molecule has 1 aliphatic rings. The van der Waals surface area contributed by atoms with Gasteiger partial charge in [0, 0.05) is 30.8 Å². The molecule has 1 aliphatic heterocycles. The van der Waals surface area contributed by atoms with Crippen LogP contribution < -0.4 is 14.8 Å². The maximum absolute atomic E-state index is 13.4. The molecule has 1 saturated heterocycles. The first-order chi connectivity index (χ1) is 14.1. The smallest absolute Gasteiger partial charge is 0.254 e. The molecule has 1 N–H and O–H groups in total. The van der Waals surface area contributed by atoms with Crippen LogP contribution in [0.15, 0.2) is 54.1 Å². The number of ether oxygens (including phenoxy) is 2. The first-order valence-corrected chi connectivity index (χ1v) is 10.1. The Morgan fingerprint density at radius 1 is 1.14 bits per heavy atom. The Labute approximate surface area is 173 Å². The summed E-state index contributed by atoms with van der Waals surface area (Å²) in [6.45, 7) is 4.34. The molecule has 154 valence electrons. The van der Waals surface area contributed by atoms with Crippen molar-refractivity contribution in [3.05, 3.63) is 65.2 Å². The highest BCUT2D eigenvalue weighted by Gasteiger charge is 2.23. The monoisotopic (exact) mass is 394 g/mol. The van der Waals surface area contributed by atoms with Crippen LogP contribution in [0.1, 0.15) is 35.7 Å². The maximum atomic E-state index is 13.4. The normalized spacial score (nSPS) is 16.5. The fourth-order valence-electron chi connectivity index (χ4n) is 3.69. The second-order valence-electron chi connectivity index (χ2n) is 7.48. The third kappa shape index (κ3) is 5.84. The molecule has 29 heavy (non-hydrogen) atoms. The topological polar surface area (TPSA) is 50.8 Å². The molecule has 0 bridgehead atoms. The van der Waals surface area contributed by atoms with E-state index >= 15 is 0 Å². The van der Waals surface area contributed by atoms with Crippen molar-refractivity contribution in [3.8, 4) is 11.5 Å². The highest BCUT2D eigenvalue weighted by atomic mass is 16.5. The Morgan fingerprint density at radius 2 is 1.83 bits per heavy atom. The average Bonchev–Trinajstić information content (AvgIpc) is 3.26. The van der Waals surface area contributed by atoms with Crippen LogP contribution in [-0.2, 0) is 0 Å². The van der Waals surface area contributed by atoms with Gasteiger partial charge in [-0.25, -0.2) is 0 Å². The van der Waals surface area contributed by atoms with Gasteiger partial charge in [0.05, 0.1) is 14.2 Å². The zero-order chi connectivity index (χ0) is 20.6. The number of carbonyl (C=O) groups excluding carboxylic acids is 1. The molecular weight excluding hydrogens is 364 g/mol. The van der Waals surface area contributed by atoms with E-state index in [0.717, 1.165) is 30.5 Å². The standard InChI is InChI=1S/C24H30N2O3/c1-18(12-19-8-5-4-6-9-19)16-26(17-21-10-7-11-25-21)24(27)20-13-22(28-2)15-23(14-20)29-3/h4-6,8-9,12-15,21,25H,7,10-11,16-17H2,1-3H3/b18-12+. The summed E-state index contributed by atoms with van der Waals surface area (Å²) >= 11 is 0. The SMILES string of the molecule is COc1cc(OC)cc(C(=O)N(C/C(C)=C/c2ccccc2)CC2CCCN2)c1. The molecule has 1 unspecified atom stereocenters. The van der Waals surface area contributed by atoms with Crippen LogP contribution in [0.4, 0.5) is 0 Å². The van der Waals surface area contributed by atoms with Crippen LogP contribution in [0.25, 0.3) is 6.08 Å². The van der Waals surface area contributed by atoms with Crippen molar-refractivity contribution in [2.24, 2.45) is 0 Å². The number of benzene rings is 2. The van der Waals surface area contributed by atoms with E-state index in [0.29, 0.717) is 36.2 Å². The number of hydrogen-bond acceptors (Lipinski definition) is 4. The molecular formula is C24H30N2O3. The number of amides is 1. The van der Waals surface area contributed by atoms with Crippen molar-refractivity contribution in [2.75, 3.05) is 33.9 Å². The minimum atomic E-state index is -0.0169. The van der Waals surface area contributed by atoms with Gasteiger partial charge < -0.3 is 19.7 Å². The molecule has 0 radical (unpaired) electrons. The molecule has 5 nitrogen and oxygen atoms in total. The van der Waals surface area contributed by atoms with E-state index in [4.69, 9.17) is 9.47 Å². The summed E-state index contributed by atoms with van der Waals surface area (Å²) in [6.07, 6.45) is 4.37. The lowest BCUT2D eigenvalue weighted by Gasteiger charge is -2.27. The Bertz CT molecular complexity index is 820. The van der Waals surface area contributed by atoms with Crippen molar-refractivity contribution < 1.29 is 14.3 Å². The Balaban J connectivity index is 1.84. The van der Waals surface area contributed by atoms with Crippen LogP contribution in [0.2, 0.25) is 0 Å². The minimum Gasteiger partial charge on any atom is -0.497 e. The van der Waals surface area contributed by atoms with E-state index in [-0.39, 0.29) is 5.91 Å². The first kappa shape index (κ1) is 20.9. The van der Waals surface area contributed by atoms with Crippen LogP contribution in [-0.4, -0.2) is 50.7 Å². The molecule has 2 aromatic rings. The lowest BCUT2D eigenvalue weighted by Crippen LogP contribution is -2.42. The number of nitrogens with zero attached hydrogens (tertiary/aromatic N) is 1. The van der Waals surface area contributed by atoms with Crippen LogP contribution in [0, 0.1) is 0 Å². The summed E-state index contributed by atoms with van der Waals surface area (Å²) in [4.78, 5) is 15.3. The zero-order valence-corrected chi connectivity index (χ0v) is 17.5. The van der Waals surface area contributed by atoms with Crippen molar-refractivity contribution in [1.82, 2.24) is 10.2 Å². The second kappa shape index (κ2) is 10.1. The molecule has 0 saturated carbocycles. The predicted molar refractivity (Wildman–Crippen MR) is 117 cm³/mol. The third-order valence-electron chi connectivity index (χ3n) is 5.14. The maximum Gasteiger partial charge on any atom is 0.254 e. The molecule has 5 heteroatoms. The predicted octanol–water partition coefficient (Wildman–Crippen LogP) is 4.00. The Kier molecular flexibility index (Phi) is 7.30. The van der Waals surface area contributed by atoms with Gasteiger partial charge in [-0.3, -0.25) is 4.79 Å². The summed E-state index contributed by atoms with van der Waals surface area (Å²) in [5.41, 5.74) is 2.85. The van der Waals surface area contributed by atoms with Gasteiger partial charge in [-0.05, 0) is 44.0 Å². The number of methoxy groups -OCH3 is 2. The van der Waals surface area contributed by atoms with E-state index in [1.165, 1.54) is 0 Å². The molecule has 1 atom stereocenters. The Hall–Kier alpha value is -2.79. The number of nitrogens with one attached hydrogen (secondary N) is 1. The van der Waals surface area contributed by atoms with Gasteiger partial charge in [-0.1, -0.05) is 42.0 Å². The zero-order valence-electron chi connectivity index (χ0n) is 17.5. The van der Waals surface area contributed by atoms with Crippen molar-refractivity contribution in [3.63, 3.8) is 0 Å². The highest BCUT2D eigenvalue weighted by Crippen LogP contribution is 2.24. The van der Waals surface area contributed by atoms with E-state index in [2.05, 4.69) is 30.4 Å². The fourth-order valence-corrected chi connectivity index (χ4v) is 3.69. The van der Waals surface area contributed by atoms with Gasteiger partial charge in [0.15, 0.2) is 0 Å². The molecule has 1 fully saturated rings. The van der Waals surface area contributed by atoms with Crippen LogP contribution >= 0.6 is 0 Å². The summed E-state index contributed by atoms with van der Waals surface area (Å²) in [5.74, 6) is 1.21. The quantitative estimate of drug-likeness (QED) is 0.735. The molecule has 0 aromatic heterocycles. The van der Waals surface area contributed by atoms with E-state index in [1.807, 2.05) is 23.1 Å². The number of rotatable bonds is 8. The summed E-state index contributed by atoms with van der Waals surface area (Å²) in [5, 5.41) is 3.50. The van der Waals surface area contributed by atoms with Crippen LogP contribution in [0.3, 0.4) is 0 Å². The minimum absolute atomic E-state index is 0.0169. The van der Waals surface area contributed by atoms with E-state index in [9.17, 15) is 4.79 Å². The van der Waals surface area contributed by atoms with Crippen LogP contribution in [0.5, 0.6) is 11.5 Å². The highest BCUT2D eigenvalue weighted by molar-refractivity contribution is 5.95. The summed E-state index contributed by atoms with van der Waals surface area (Å²) in [6, 6.07) is 15.8. The van der Waals surface area contributed by atoms with Gasteiger partial charge in [-0.2, -0.15) is 0 Å². The van der Waals surface area contributed by atoms with Gasteiger partial charge in [0.1, 0.15) is 11.5 Å². The largest absolute Gasteiger partial charge is 0.497 e. The van der Waals surface area contributed by atoms with Crippen molar-refractivity contribution >= 4 is 12.0 Å².